The molecule has 1 aliphatic carbocycles. The molecule has 0 heterocycles. The highest BCUT2D eigenvalue weighted by Crippen LogP contribution is 2.35. The van der Waals surface area contributed by atoms with Crippen molar-refractivity contribution < 1.29 is 4.79 Å². The molecule has 0 saturated heterocycles. The zero-order valence-corrected chi connectivity index (χ0v) is 11.9. The highest BCUT2D eigenvalue weighted by Gasteiger charge is 2.32. The van der Waals surface area contributed by atoms with Gasteiger partial charge in [0.25, 0.3) is 0 Å². The van der Waals surface area contributed by atoms with Crippen LogP contribution in [0.1, 0.15) is 53.4 Å². The van der Waals surface area contributed by atoms with Crippen LogP contribution in [0.25, 0.3) is 0 Å². The number of rotatable bonds is 5. The third kappa shape index (κ3) is 4.09. The number of hydrogen-bond donors (Lipinski definition) is 1. The van der Waals surface area contributed by atoms with Crippen molar-refractivity contribution in [1.82, 2.24) is 0 Å². The van der Waals surface area contributed by atoms with E-state index < -0.39 is 0 Å². The molecule has 0 radical (unpaired) electrons. The molecular formula is C15H29NO. The van der Waals surface area contributed by atoms with Crippen LogP contribution in [0.3, 0.4) is 0 Å². The fourth-order valence-electron chi connectivity index (χ4n) is 3.04. The van der Waals surface area contributed by atoms with Crippen molar-refractivity contribution in [1.29, 1.82) is 0 Å². The predicted molar refractivity (Wildman–Crippen MR) is 72.7 cm³/mol. The summed E-state index contributed by atoms with van der Waals surface area (Å²) < 4.78 is 0. The van der Waals surface area contributed by atoms with E-state index in [0.717, 1.165) is 25.2 Å². The van der Waals surface area contributed by atoms with E-state index in [0.29, 0.717) is 24.2 Å². The number of carbonyl (C=O) groups is 1. The van der Waals surface area contributed by atoms with Crippen molar-refractivity contribution in [2.24, 2.45) is 35.3 Å². The monoisotopic (exact) mass is 239 g/mol. The number of nitrogens with two attached hydrogens (primary N) is 1. The Labute approximate surface area is 106 Å². The van der Waals surface area contributed by atoms with Gasteiger partial charge in [-0.2, -0.15) is 0 Å². The zero-order valence-electron chi connectivity index (χ0n) is 11.9. The number of ketones is 1. The minimum atomic E-state index is 0.0978. The Morgan fingerprint density at radius 3 is 2.35 bits per heavy atom. The average Bonchev–Trinajstić information content (AvgIpc) is 2.28. The van der Waals surface area contributed by atoms with Crippen LogP contribution in [0.5, 0.6) is 0 Å². The summed E-state index contributed by atoms with van der Waals surface area (Å²) in [5.41, 5.74) is 5.77. The number of carbonyl (C=O) groups excluding carboxylic acids is 1. The third-order valence-electron chi connectivity index (χ3n) is 4.44. The predicted octanol–water partition coefficient (Wildman–Crippen LogP) is 3.25. The van der Waals surface area contributed by atoms with Gasteiger partial charge in [0.1, 0.15) is 5.78 Å². The van der Waals surface area contributed by atoms with Crippen LogP contribution >= 0.6 is 0 Å². The minimum Gasteiger partial charge on any atom is -0.330 e. The second kappa shape index (κ2) is 6.53. The topological polar surface area (TPSA) is 43.1 Å². The van der Waals surface area contributed by atoms with Gasteiger partial charge in [0.2, 0.25) is 0 Å². The molecule has 1 fully saturated rings. The first-order valence-corrected chi connectivity index (χ1v) is 7.19. The van der Waals surface area contributed by atoms with E-state index in [1.165, 1.54) is 6.42 Å². The van der Waals surface area contributed by atoms with E-state index >= 15 is 0 Å². The van der Waals surface area contributed by atoms with Gasteiger partial charge in [-0.1, -0.05) is 27.7 Å². The van der Waals surface area contributed by atoms with Crippen molar-refractivity contribution in [2.75, 3.05) is 6.54 Å². The van der Waals surface area contributed by atoms with E-state index in [4.69, 9.17) is 5.73 Å². The molecule has 1 saturated carbocycles. The van der Waals surface area contributed by atoms with Crippen LogP contribution in [0, 0.1) is 29.6 Å². The summed E-state index contributed by atoms with van der Waals surface area (Å²) in [4.78, 5) is 12.4. The highest BCUT2D eigenvalue weighted by atomic mass is 16.1. The van der Waals surface area contributed by atoms with Crippen molar-refractivity contribution >= 4 is 5.78 Å². The molecule has 0 amide bonds. The van der Waals surface area contributed by atoms with Crippen molar-refractivity contribution in [3.05, 3.63) is 0 Å². The lowest BCUT2D eigenvalue weighted by molar-refractivity contribution is -0.128. The summed E-state index contributed by atoms with van der Waals surface area (Å²) >= 11 is 0. The van der Waals surface area contributed by atoms with E-state index in [2.05, 4.69) is 27.7 Å². The summed E-state index contributed by atoms with van der Waals surface area (Å²) in [6.07, 6.45) is 4.32. The maximum Gasteiger partial charge on any atom is 0.140 e. The number of hydrogen-bond acceptors (Lipinski definition) is 2. The summed E-state index contributed by atoms with van der Waals surface area (Å²) in [7, 11) is 0. The van der Waals surface area contributed by atoms with E-state index in [1.54, 1.807) is 0 Å². The van der Waals surface area contributed by atoms with Crippen molar-refractivity contribution in [3.8, 4) is 0 Å². The van der Waals surface area contributed by atoms with Crippen LogP contribution in [0.2, 0.25) is 0 Å². The fraction of sp³-hybridized carbons (Fsp3) is 0.933. The van der Waals surface area contributed by atoms with Gasteiger partial charge in [-0.3, -0.25) is 4.79 Å². The largest absolute Gasteiger partial charge is 0.330 e. The molecule has 100 valence electrons. The van der Waals surface area contributed by atoms with Crippen LogP contribution < -0.4 is 5.73 Å². The van der Waals surface area contributed by atoms with E-state index in [-0.39, 0.29) is 11.8 Å². The SMILES string of the molecule is CC(C)CC(CN)C(=O)C1CCC(C)C(C)C1. The van der Waals surface area contributed by atoms with Gasteiger partial charge in [0.15, 0.2) is 0 Å². The molecule has 0 aromatic heterocycles. The molecule has 1 rings (SSSR count). The van der Waals surface area contributed by atoms with Gasteiger partial charge in [-0.05, 0) is 43.4 Å². The summed E-state index contributed by atoms with van der Waals surface area (Å²) in [5.74, 6) is 2.86. The molecule has 0 aliphatic heterocycles. The van der Waals surface area contributed by atoms with Crippen molar-refractivity contribution in [2.45, 2.75) is 53.4 Å². The fourth-order valence-corrected chi connectivity index (χ4v) is 3.04. The van der Waals surface area contributed by atoms with Crippen LogP contribution in [0.4, 0.5) is 0 Å². The first-order chi connectivity index (χ1) is 7.95. The van der Waals surface area contributed by atoms with Crippen LogP contribution in [-0.4, -0.2) is 12.3 Å². The molecule has 17 heavy (non-hydrogen) atoms. The number of Topliss-reactive ketones (excluding diaryl/α,β-unsaturated/α-hetero) is 1. The molecule has 1 aliphatic rings. The summed E-state index contributed by atoms with van der Waals surface area (Å²) in [6.45, 7) is 9.45. The maximum atomic E-state index is 12.4. The summed E-state index contributed by atoms with van der Waals surface area (Å²) in [5, 5.41) is 0. The Balaban J connectivity index is 2.56. The Morgan fingerprint density at radius 1 is 1.24 bits per heavy atom. The molecule has 2 nitrogen and oxygen atoms in total. The van der Waals surface area contributed by atoms with Crippen LogP contribution in [-0.2, 0) is 4.79 Å². The van der Waals surface area contributed by atoms with Gasteiger partial charge in [-0.25, -0.2) is 0 Å². The molecule has 2 heteroatoms. The lowest BCUT2D eigenvalue weighted by atomic mass is 9.71. The third-order valence-corrected chi connectivity index (χ3v) is 4.44. The second-order valence-electron chi connectivity index (χ2n) is 6.43. The summed E-state index contributed by atoms with van der Waals surface area (Å²) in [6, 6.07) is 0. The Hall–Kier alpha value is -0.370. The van der Waals surface area contributed by atoms with E-state index in [1.807, 2.05) is 0 Å². The molecule has 0 bridgehead atoms. The molecule has 4 atom stereocenters. The zero-order chi connectivity index (χ0) is 13.0. The molecular weight excluding hydrogens is 210 g/mol. The lowest BCUT2D eigenvalue weighted by Crippen LogP contribution is -2.34. The van der Waals surface area contributed by atoms with Gasteiger partial charge < -0.3 is 5.73 Å². The Bertz CT molecular complexity index is 249. The normalized spacial score (nSPS) is 31.5. The Kier molecular flexibility index (Phi) is 5.64. The molecule has 0 spiro atoms. The van der Waals surface area contributed by atoms with Gasteiger partial charge >= 0.3 is 0 Å². The average molecular weight is 239 g/mol. The second-order valence-corrected chi connectivity index (χ2v) is 6.43. The first kappa shape index (κ1) is 14.7. The Morgan fingerprint density at radius 2 is 1.88 bits per heavy atom. The molecule has 2 N–H and O–H groups in total. The highest BCUT2D eigenvalue weighted by molar-refractivity contribution is 5.83. The van der Waals surface area contributed by atoms with Gasteiger partial charge in [-0.15, -0.1) is 0 Å². The lowest BCUT2D eigenvalue weighted by Gasteiger charge is -2.33. The van der Waals surface area contributed by atoms with E-state index in [9.17, 15) is 4.79 Å². The minimum absolute atomic E-state index is 0.0978. The van der Waals surface area contributed by atoms with Crippen LogP contribution in [0.15, 0.2) is 0 Å². The first-order valence-electron chi connectivity index (χ1n) is 7.19. The van der Waals surface area contributed by atoms with Crippen molar-refractivity contribution in [3.63, 3.8) is 0 Å². The smallest absolute Gasteiger partial charge is 0.140 e. The standard InChI is InChI=1S/C15H29NO/c1-10(2)7-14(9-16)15(17)13-6-5-11(3)12(4)8-13/h10-14H,5-9,16H2,1-4H3. The quantitative estimate of drug-likeness (QED) is 0.800. The molecule has 0 aromatic carbocycles. The van der Waals surface area contributed by atoms with Gasteiger partial charge in [0.05, 0.1) is 0 Å². The molecule has 4 unspecified atom stereocenters. The maximum absolute atomic E-state index is 12.4. The molecule has 0 aromatic rings. The van der Waals surface area contributed by atoms with Gasteiger partial charge in [0, 0.05) is 18.4 Å².